The maximum atomic E-state index is 9.04. The number of aromatic nitrogens is 2. The fraction of sp³-hybridized carbons (Fsp3) is 0.562. The summed E-state index contributed by atoms with van der Waals surface area (Å²) in [6.45, 7) is 6.91. The standard InChI is InChI=1S/C16H24N3O2/c20-11-3-6-18-14-19(16-5-2-1-4-15(16)18)8-7-17-9-12-21-13-10-17/h1-2,4-5,14,20H,3,6-13H2/q+1. The molecule has 3 rings (SSSR count). The van der Waals surface area contributed by atoms with Gasteiger partial charge in [-0.2, -0.15) is 0 Å². The van der Waals surface area contributed by atoms with E-state index in [0.717, 1.165) is 52.4 Å². The van der Waals surface area contributed by atoms with Crippen LogP contribution in [0.1, 0.15) is 6.42 Å². The third kappa shape index (κ3) is 3.43. The molecule has 2 heterocycles. The molecule has 1 saturated heterocycles. The lowest BCUT2D eigenvalue weighted by Gasteiger charge is -2.25. The number of ether oxygens (including phenoxy) is 1. The van der Waals surface area contributed by atoms with Crippen LogP contribution in [0.15, 0.2) is 30.6 Å². The Bertz CT molecular complexity index is 576. The number of benzene rings is 1. The highest BCUT2D eigenvalue weighted by Gasteiger charge is 2.16. The molecule has 1 aliphatic rings. The number of hydrogen-bond donors (Lipinski definition) is 1. The van der Waals surface area contributed by atoms with Crippen molar-refractivity contribution in [3.63, 3.8) is 0 Å². The van der Waals surface area contributed by atoms with Gasteiger partial charge >= 0.3 is 0 Å². The van der Waals surface area contributed by atoms with Crippen molar-refractivity contribution in [2.24, 2.45) is 0 Å². The summed E-state index contributed by atoms with van der Waals surface area (Å²) in [6, 6.07) is 8.48. The monoisotopic (exact) mass is 290 g/mol. The molecule has 1 aromatic heterocycles. The molecule has 0 amide bonds. The lowest BCUT2D eigenvalue weighted by atomic mass is 10.3. The van der Waals surface area contributed by atoms with Crippen molar-refractivity contribution in [2.45, 2.75) is 19.5 Å². The molecule has 0 aliphatic carbocycles. The van der Waals surface area contributed by atoms with Crippen LogP contribution in [0.25, 0.3) is 11.0 Å². The number of imidazole rings is 1. The number of fused-ring (bicyclic) bond motifs is 1. The highest BCUT2D eigenvalue weighted by atomic mass is 16.5. The fourth-order valence-corrected chi connectivity index (χ4v) is 2.91. The molecule has 1 fully saturated rings. The summed E-state index contributed by atoms with van der Waals surface area (Å²) in [5.74, 6) is 0. The quantitative estimate of drug-likeness (QED) is 0.794. The van der Waals surface area contributed by atoms with Gasteiger partial charge in [0, 0.05) is 32.7 Å². The Labute approximate surface area is 125 Å². The first-order chi connectivity index (χ1) is 10.4. The highest BCUT2D eigenvalue weighted by molar-refractivity contribution is 5.71. The van der Waals surface area contributed by atoms with Gasteiger partial charge in [0.25, 0.3) is 0 Å². The van der Waals surface area contributed by atoms with E-state index in [9.17, 15) is 0 Å². The summed E-state index contributed by atoms with van der Waals surface area (Å²) in [6.07, 6.45) is 2.98. The summed E-state index contributed by atoms with van der Waals surface area (Å²) in [5, 5.41) is 9.04. The van der Waals surface area contributed by atoms with Crippen molar-refractivity contribution in [1.82, 2.24) is 9.47 Å². The summed E-state index contributed by atoms with van der Waals surface area (Å²) in [7, 11) is 0. The lowest BCUT2D eigenvalue weighted by molar-refractivity contribution is -0.672. The van der Waals surface area contributed by atoms with Crippen LogP contribution in [-0.2, 0) is 17.8 Å². The molecule has 1 N–H and O–H groups in total. The average Bonchev–Trinajstić information content (AvgIpc) is 2.90. The molecule has 1 aliphatic heterocycles. The molecule has 2 aromatic rings. The van der Waals surface area contributed by atoms with E-state index in [2.05, 4.69) is 44.6 Å². The molecule has 0 bridgehead atoms. The average molecular weight is 290 g/mol. The van der Waals surface area contributed by atoms with Crippen LogP contribution in [0.2, 0.25) is 0 Å². The Morgan fingerprint density at radius 1 is 1.14 bits per heavy atom. The predicted octanol–water partition coefficient (Wildman–Crippen LogP) is 0.643. The molecular weight excluding hydrogens is 266 g/mol. The fourth-order valence-electron chi connectivity index (χ4n) is 2.91. The van der Waals surface area contributed by atoms with Crippen LogP contribution in [0, 0.1) is 0 Å². The van der Waals surface area contributed by atoms with E-state index in [1.807, 2.05) is 0 Å². The first-order valence-corrected chi connectivity index (χ1v) is 7.77. The molecule has 0 spiro atoms. The minimum atomic E-state index is 0.236. The first-order valence-electron chi connectivity index (χ1n) is 7.77. The van der Waals surface area contributed by atoms with Crippen LogP contribution in [0.5, 0.6) is 0 Å². The topological polar surface area (TPSA) is 41.5 Å². The van der Waals surface area contributed by atoms with Gasteiger partial charge in [0.15, 0.2) is 11.0 Å². The summed E-state index contributed by atoms with van der Waals surface area (Å²) in [4.78, 5) is 2.45. The largest absolute Gasteiger partial charge is 0.396 e. The summed E-state index contributed by atoms with van der Waals surface area (Å²) < 4.78 is 9.96. The maximum absolute atomic E-state index is 9.04. The van der Waals surface area contributed by atoms with Crippen molar-refractivity contribution in [3.8, 4) is 0 Å². The van der Waals surface area contributed by atoms with Gasteiger partial charge in [-0.05, 0) is 12.1 Å². The van der Waals surface area contributed by atoms with E-state index in [4.69, 9.17) is 9.84 Å². The van der Waals surface area contributed by atoms with E-state index in [0.29, 0.717) is 0 Å². The van der Waals surface area contributed by atoms with E-state index in [1.165, 1.54) is 11.0 Å². The molecule has 0 atom stereocenters. The third-order valence-electron chi connectivity index (χ3n) is 4.10. The molecule has 1 aromatic carbocycles. The summed E-state index contributed by atoms with van der Waals surface area (Å²) >= 11 is 0. The Hall–Kier alpha value is -1.43. The minimum absolute atomic E-state index is 0.236. The molecule has 21 heavy (non-hydrogen) atoms. The van der Waals surface area contributed by atoms with Gasteiger partial charge in [0.2, 0.25) is 6.33 Å². The molecule has 0 radical (unpaired) electrons. The van der Waals surface area contributed by atoms with E-state index >= 15 is 0 Å². The molecule has 5 nitrogen and oxygen atoms in total. The van der Waals surface area contributed by atoms with Crippen LogP contribution in [-0.4, -0.2) is 54.0 Å². The van der Waals surface area contributed by atoms with Gasteiger partial charge in [-0.3, -0.25) is 4.90 Å². The molecule has 0 saturated carbocycles. The Morgan fingerprint density at radius 2 is 1.95 bits per heavy atom. The van der Waals surface area contributed by atoms with Gasteiger partial charge < -0.3 is 9.84 Å². The van der Waals surface area contributed by atoms with Crippen molar-refractivity contribution in [1.29, 1.82) is 0 Å². The number of aryl methyl sites for hydroxylation is 1. The number of nitrogens with zero attached hydrogens (tertiary/aromatic N) is 3. The second-order valence-corrected chi connectivity index (χ2v) is 5.52. The predicted molar refractivity (Wildman–Crippen MR) is 81.1 cm³/mol. The Morgan fingerprint density at radius 3 is 2.76 bits per heavy atom. The van der Waals surface area contributed by atoms with Crippen LogP contribution < -0.4 is 4.57 Å². The van der Waals surface area contributed by atoms with E-state index in [1.54, 1.807) is 0 Å². The van der Waals surface area contributed by atoms with Gasteiger partial charge in [-0.25, -0.2) is 9.13 Å². The van der Waals surface area contributed by atoms with Crippen LogP contribution in [0.3, 0.4) is 0 Å². The number of aliphatic hydroxyl groups is 1. The zero-order valence-electron chi connectivity index (χ0n) is 12.4. The van der Waals surface area contributed by atoms with Crippen molar-refractivity contribution >= 4 is 11.0 Å². The summed E-state index contributed by atoms with van der Waals surface area (Å²) in [5.41, 5.74) is 2.51. The van der Waals surface area contributed by atoms with Crippen LogP contribution >= 0.6 is 0 Å². The van der Waals surface area contributed by atoms with Gasteiger partial charge in [-0.1, -0.05) is 12.1 Å². The number of para-hydroxylation sites is 2. The Balaban J connectivity index is 1.74. The second kappa shape index (κ2) is 7.02. The number of morpholine rings is 1. The molecule has 0 unspecified atom stereocenters. The van der Waals surface area contributed by atoms with Gasteiger partial charge in [0.05, 0.1) is 19.8 Å². The third-order valence-corrected chi connectivity index (χ3v) is 4.10. The zero-order valence-corrected chi connectivity index (χ0v) is 12.4. The molecule has 5 heteroatoms. The van der Waals surface area contributed by atoms with Gasteiger partial charge in [-0.15, -0.1) is 0 Å². The smallest absolute Gasteiger partial charge is 0.244 e. The van der Waals surface area contributed by atoms with Crippen LogP contribution in [0.4, 0.5) is 0 Å². The molecule has 114 valence electrons. The van der Waals surface area contributed by atoms with E-state index < -0.39 is 0 Å². The zero-order chi connectivity index (χ0) is 14.5. The minimum Gasteiger partial charge on any atom is -0.396 e. The highest BCUT2D eigenvalue weighted by Crippen LogP contribution is 2.11. The van der Waals surface area contributed by atoms with Gasteiger partial charge in [0.1, 0.15) is 6.54 Å². The Kier molecular flexibility index (Phi) is 4.85. The molecular formula is C16H24N3O2+. The normalized spacial score (nSPS) is 16.6. The maximum Gasteiger partial charge on any atom is 0.244 e. The number of aliphatic hydroxyl groups excluding tert-OH is 1. The van der Waals surface area contributed by atoms with Crippen molar-refractivity contribution < 1.29 is 14.4 Å². The SMILES string of the molecule is OCCC[n+]1cn(CCN2CCOCC2)c2ccccc21. The van der Waals surface area contributed by atoms with E-state index in [-0.39, 0.29) is 6.61 Å². The number of rotatable bonds is 6. The number of hydrogen-bond acceptors (Lipinski definition) is 3. The first kappa shape index (κ1) is 14.5. The lowest BCUT2D eigenvalue weighted by Crippen LogP contribution is -2.38. The second-order valence-electron chi connectivity index (χ2n) is 5.52. The van der Waals surface area contributed by atoms with Crippen molar-refractivity contribution in [2.75, 3.05) is 39.5 Å². The van der Waals surface area contributed by atoms with Crippen molar-refractivity contribution in [3.05, 3.63) is 30.6 Å².